The first kappa shape index (κ1) is 12.9. The van der Waals surface area contributed by atoms with Crippen LogP contribution >= 0.6 is 7.82 Å². The van der Waals surface area contributed by atoms with Crippen LogP contribution in [0.3, 0.4) is 0 Å². The summed E-state index contributed by atoms with van der Waals surface area (Å²) in [5, 5.41) is 6.30. The number of hydrogen-bond acceptors (Lipinski definition) is 6. The van der Waals surface area contributed by atoms with E-state index in [2.05, 4.69) is 15.6 Å². The van der Waals surface area contributed by atoms with Crippen molar-refractivity contribution < 1.29 is 18.9 Å². The molecule has 3 atom stereocenters. The Morgan fingerprint density at radius 1 is 1.71 bits per heavy atom. The Hall–Kier alpha value is -0.500. The first-order valence-electron chi connectivity index (χ1n) is 5.50. The second-order valence-electron chi connectivity index (χ2n) is 4.02. The molecule has 0 saturated carbocycles. The van der Waals surface area contributed by atoms with Crippen LogP contribution < -0.4 is 10.6 Å². The summed E-state index contributed by atoms with van der Waals surface area (Å²) in [6.45, 7) is 3.20. The van der Waals surface area contributed by atoms with Gasteiger partial charge in [0.1, 0.15) is 12.4 Å². The molecular formula is C8H17N4O4P. The van der Waals surface area contributed by atoms with Gasteiger partial charge in [0.05, 0.1) is 12.4 Å². The van der Waals surface area contributed by atoms with Gasteiger partial charge in [0, 0.05) is 13.2 Å². The Balaban J connectivity index is 2.05. The van der Waals surface area contributed by atoms with E-state index in [1.165, 1.54) is 0 Å². The maximum Gasteiger partial charge on any atom is 0.471 e. The minimum absolute atomic E-state index is 0.0280. The van der Waals surface area contributed by atoms with Gasteiger partial charge in [0.15, 0.2) is 0 Å². The van der Waals surface area contributed by atoms with Gasteiger partial charge in [-0.1, -0.05) is 6.92 Å². The Morgan fingerprint density at radius 3 is 3.12 bits per heavy atom. The summed E-state index contributed by atoms with van der Waals surface area (Å²) in [6, 6.07) is 0.0280. The van der Waals surface area contributed by atoms with Crippen molar-refractivity contribution in [1.29, 1.82) is 0 Å². The lowest BCUT2D eigenvalue weighted by atomic mass is 10.2. The fourth-order valence-corrected chi connectivity index (χ4v) is 2.66. The molecule has 4 N–H and O–H groups in total. The summed E-state index contributed by atoms with van der Waals surface area (Å²) < 4.78 is 15.7. The molecule has 0 aromatic carbocycles. The van der Waals surface area contributed by atoms with Gasteiger partial charge in [-0.2, -0.15) is 0 Å². The molecule has 1 saturated heterocycles. The molecule has 9 heteroatoms. The highest BCUT2D eigenvalue weighted by atomic mass is 31.2. The predicted octanol–water partition coefficient (Wildman–Crippen LogP) is -0.979. The van der Waals surface area contributed by atoms with E-state index in [1.807, 2.05) is 6.92 Å². The second-order valence-corrected chi connectivity index (χ2v) is 5.21. The van der Waals surface area contributed by atoms with Crippen molar-refractivity contribution in [3.8, 4) is 0 Å². The highest BCUT2D eigenvalue weighted by Gasteiger charge is 2.38. The van der Waals surface area contributed by atoms with Crippen molar-refractivity contribution in [3.63, 3.8) is 0 Å². The van der Waals surface area contributed by atoms with Crippen LogP contribution in [-0.2, 0) is 9.09 Å². The zero-order valence-corrected chi connectivity index (χ0v) is 10.4. The lowest BCUT2D eigenvalue weighted by Gasteiger charge is -2.36. The summed E-state index contributed by atoms with van der Waals surface area (Å²) in [7, 11) is -4.48. The van der Waals surface area contributed by atoms with Crippen molar-refractivity contribution >= 4 is 14.2 Å². The largest absolute Gasteiger partial charge is 0.471 e. The van der Waals surface area contributed by atoms with E-state index in [0.29, 0.717) is 19.6 Å². The van der Waals surface area contributed by atoms with E-state index in [9.17, 15) is 4.57 Å². The Kier molecular flexibility index (Phi) is 3.82. The van der Waals surface area contributed by atoms with Gasteiger partial charge in [-0.15, -0.1) is 0 Å². The van der Waals surface area contributed by atoms with Crippen LogP contribution in [0.4, 0.5) is 0 Å². The molecule has 0 spiro atoms. The third-order valence-electron chi connectivity index (χ3n) is 2.84. The Bertz CT molecular complexity index is 346. The molecule has 0 aliphatic carbocycles. The van der Waals surface area contributed by atoms with Crippen molar-refractivity contribution in [2.75, 3.05) is 13.2 Å². The molecule has 1 fully saturated rings. The van der Waals surface area contributed by atoms with Crippen molar-refractivity contribution in [1.82, 2.24) is 15.5 Å². The third kappa shape index (κ3) is 3.04. The monoisotopic (exact) mass is 264 g/mol. The van der Waals surface area contributed by atoms with E-state index < -0.39 is 14.1 Å². The summed E-state index contributed by atoms with van der Waals surface area (Å²) >= 11 is 0. The van der Waals surface area contributed by atoms with Gasteiger partial charge in [-0.3, -0.25) is 14.8 Å². The van der Waals surface area contributed by atoms with Crippen molar-refractivity contribution in [3.05, 3.63) is 0 Å². The average molecular weight is 264 g/mol. The molecule has 2 heterocycles. The fraction of sp³-hybridized carbons (Fsp3) is 0.875. The van der Waals surface area contributed by atoms with E-state index in [4.69, 9.17) is 14.3 Å². The molecule has 0 amide bonds. The van der Waals surface area contributed by atoms with Crippen LogP contribution in [0.5, 0.6) is 0 Å². The first-order valence-corrected chi connectivity index (χ1v) is 7.03. The van der Waals surface area contributed by atoms with Gasteiger partial charge < -0.3 is 20.0 Å². The van der Waals surface area contributed by atoms with Crippen molar-refractivity contribution in [2.45, 2.75) is 31.8 Å². The van der Waals surface area contributed by atoms with Crippen LogP contribution in [0.25, 0.3) is 0 Å². The topological polar surface area (TPSA) is 106 Å². The quantitative estimate of drug-likeness (QED) is 0.483. The number of phosphoric ester groups is 1. The molecule has 3 unspecified atom stereocenters. The standard InChI is InChI=1S/C8H17N4O4P/c1-2-7(16-17(13,14)15)12-5-11-8-6(12)3-9-4-10-8/h5-10H,2-4H2,1H3,(H2,13,14,15). The number of rotatable bonds is 4. The van der Waals surface area contributed by atoms with Crippen molar-refractivity contribution in [2.24, 2.45) is 4.99 Å². The van der Waals surface area contributed by atoms with Crippen LogP contribution in [0, 0.1) is 0 Å². The van der Waals surface area contributed by atoms with Crippen LogP contribution in [0.2, 0.25) is 0 Å². The Labute approximate surface area is 99.3 Å². The molecule has 0 aromatic heterocycles. The lowest BCUT2D eigenvalue weighted by Crippen LogP contribution is -2.58. The highest BCUT2D eigenvalue weighted by Crippen LogP contribution is 2.39. The fourth-order valence-electron chi connectivity index (χ4n) is 2.09. The molecule has 17 heavy (non-hydrogen) atoms. The lowest BCUT2D eigenvalue weighted by molar-refractivity contribution is 0.0199. The minimum atomic E-state index is -4.48. The zero-order chi connectivity index (χ0) is 12.5. The summed E-state index contributed by atoms with van der Waals surface area (Å²) in [4.78, 5) is 23.7. The second kappa shape index (κ2) is 5.01. The van der Waals surface area contributed by atoms with Gasteiger partial charge in [0.2, 0.25) is 0 Å². The van der Waals surface area contributed by atoms with E-state index in [0.717, 1.165) is 0 Å². The predicted molar refractivity (Wildman–Crippen MR) is 61.1 cm³/mol. The summed E-state index contributed by atoms with van der Waals surface area (Å²) in [6.07, 6.45) is 1.38. The number of nitrogens with zero attached hydrogens (tertiary/aromatic N) is 2. The molecule has 2 aliphatic heterocycles. The third-order valence-corrected chi connectivity index (χ3v) is 3.36. The number of hydrogen-bond donors (Lipinski definition) is 4. The SMILES string of the molecule is CCC(OP(=O)(O)O)N1C=NC2NCNCC21. The maximum atomic E-state index is 10.9. The van der Waals surface area contributed by atoms with Gasteiger partial charge >= 0.3 is 7.82 Å². The maximum absolute atomic E-state index is 10.9. The molecular weight excluding hydrogens is 247 g/mol. The number of nitrogens with one attached hydrogen (secondary N) is 2. The average Bonchev–Trinajstić information content (AvgIpc) is 2.68. The van der Waals surface area contributed by atoms with Gasteiger partial charge in [-0.05, 0) is 6.42 Å². The highest BCUT2D eigenvalue weighted by molar-refractivity contribution is 7.46. The smallest absolute Gasteiger partial charge is 0.329 e. The molecule has 0 aromatic rings. The molecule has 0 radical (unpaired) electrons. The van der Waals surface area contributed by atoms with E-state index >= 15 is 0 Å². The van der Waals surface area contributed by atoms with Crippen LogP contribution in [0.15, 0.2) is 4.99 Å². The van der Waals surface area contributed by atoms with E-state index in [-0.39, 0.29) is 12.2 Å². The molecule has 2 rings (SSSR count). The van der Waals surface area contributed by atoms with Crippen LogP contribution in [0.1, 0.15) is 13.3 Å². The number of phosphoric acid groups is 1. The molecule has 0 bridgehead atoms. The number of fused-ring (bicyclic) bond motifs is 1. The zero-order valence-electron chi connectivity index (χ0n) is 9.48. The molecule has 98 valence electrons. The summed E-state index contributed by atoms with van der Waals surface area (Å²) in [5.41, 5.74) is 0. The van der Waals surface area contributed by atoms with Gasteiger partial charge in [-0.25, -0.2) is 4.57 Å². The molecule has 8 nitrogen and oxygen atoms in total. The van der Waals surface area contributed by atoms with Gasteiger partial charge in [0.25, 0.3) is 0 Å². The van der Waals surface area contributed by atoms with Crippen LogP contribution in [-0.4, -0.2) is 52.7 Å². The minimum Gasteiger partial charge on any atom is -0.329 e. The Morgan fingerprint density at radius 2 is 2.47 bits per heavy atom. The first-order chi connectivity index (χ1) is 8.01. The summed E-state index contributed by atoms with van der Waals surface area (Å²) in [5.74, 6) is 0. The number of aliphatic imine (C=N–C) groups is 1. The normalized spacial score (nSPS) is 30.4. The van der Waals surface area contributed by atoms with E-state index in [1.54, 1.807) is 11.2 Å². The molecule has 2 aliphatic rings.